The number of ether oxygens (including phenoxy) is 1. The van der Waals surface area contributed by atoms with Crippen LogP contribution in [0.25, 0.3) is 0 Å². The number of nitrogens with one attached hydrogen (secondary N) is 1. The Balaban J connectivity index is 2.68. The molecule has 0 aliphatic heterocycles. The molecule has 100 valence electrons. The first-order valence-corrected chi connectivity index (χ1v) is 8.61. The predicted molar refractivity (Wildman–Crippen MR) is 78.7 cm³/mol. The van der Waals surface area contributed by atoms with E-state index in [1.54, 1.807) is 0 Å². The monoisotopic (exact) mass is 325 g/mol. The molecule has 0 bridgehead atoms. The van der Waals surface area contributed by atoms with Gasteiger partial charge >= 0.3 is 0 Å². The largest absolute Gasteiger partial charge is 0.481 e. The maximum atomic E-state index is 11.5. The highest BCUT2D eigenvalue weighted by Gasteiger charge is 2.12. The second kappa shape index (κ2) is 8.80. The average molecular weight is 326 g/mol. The summed E-state index contributed by atoms with van der Waals surface area (Å²) in [4.78, 5) is 12.9. The van der Waals surface area contributed by atoms with Crippen LogP contribution in [0.2, 0.25) is 0 Å². The van der Waals surface area contributed by atoms with E-state index in [2.05, 4.69) is 5.32 Å². The van der Waals surface area contributed by atoms with Crippen molar-refractivity contribution in [1.29, 1.82) is 0 Å². The van der Waals surface area contributed by atoms with Crippen molar-refractivity contribution in [2.75, 3.05) is 13.2 Å². The number of rotatable bonds is 7. The lowest BCUT2D eigenvalue weighted by Crippen LogP contribution is -2.29. The van der Waals surface area contributed by atoms with E-state index in [9.17, 15) is 4.79 Å². The lowest BCUT2D eigenvalue weighted by Gasteiger charge is -2.12. The fourth-order valence-corrected chi connectivity index (χ4v) is 2.74. The van der Waals surface area contributed by atoms with E-state index < -0.39 is 0 Å². The van der Waals surface area contributed by atoms with Gasteiger partial charge in [-0.2, -0.15) is 0 Å². The summed E-state index contributed by atoms with van der Waals surface area (Å²) >= 11 is 0. The number of hydrogen-bond donors (Lipinski definition) is 1. The van der Waals surface area contributed by atoms with Gasteiger partial charge in [0.05, 0.1) is 9.79 Å². The average Bonchev–Trinajstić information content (AvgIpc) is 2.42. The number of amides is 1. The predicted octanol–water partition coefficient (Wildman–Crippen LogP) is 4.08. The van der Waals surface area contributed by atoms with E-state index in [1.165, 1.54) is 0 Å². The van der Waals surface area contributed by atoms with Gasteiger partial charge in [0.25, 0.3) is 5.91 Å². The molecule has 3 nitrogen and oxygen atoms in total. The zero-order valence-electron chi connectivity index (χ0n) is 9.74. The highest BCUT2D eigenvalue weighted by molar-refractivity contribution is 8.21. The van der Waals surface area contributed by atoms with E-state index in [4.69, 9.17) is 26.1 Å². The molecule has 0 spiro atoms. The van der Waals surface area contributed by atoms with Crippen LogP contribution in [0.5, 0.6) is 5.75 Å². The molecule has 0 aliphatic carbocycles. The van der Waals surface area contributed by atoms with Crippen molar-refractivity contribution in [2.45, 2.75) is 23.1 Å². The Labute approximate surface area is 124 Å². The van der Waals surface area contributed by atoms with Crippen molar-refractivity contribution in [2.24, 2.45) is 0 Å². The number of benzene rings is 1. The molecule has 18 heavy (non-hydrogen) atoms. The second-order valence-electron chi connectivity index (χ2n) is 3.38. The SMILES string of the molecule is CCCNC(=O)COc1c(SCl)cccc1SCl. The standard InChI is InChI=1S/C11H13Cl2NO2S2/c1-2-6-14-10(15)7-16-11-8(17-12)4-3-5-9(11)18-13/h3-5H,2,6-7H2,1H3,(H,14,15). The van der Waals surface area contributed by atoms with Gasteiger partial charge in [0.15, 0.2) is 6.61 Å². The Bertz CT molecular complexity index is 382. The molecule has 1 N–H and O–H groups in total. The molecule has 0 unspecified atom stereocenters. The molecule has 1 amide bonds. The molecule has 1 rings (SSSR count). The summed E-state index contributed by atoms with van der Waals surface area (Å²) in [6.45, 7) is 2.59. The van der Waals surface area contributed by atoms with Crippen LogP contribution in [-0.2, 0) is 4.79 Å². The number of carbonyl (C=O) groups is 1. The molecule has 1 aromatic carbocycles. The van der Waals surface area contributed by atoms with Crippen LogP contribution in [0.1, 0.15) is 13.3 Å². The van der Waals surface area contributed by atoms with Crippen LogP contribution in [-0.4, -0.2) is 19.1 Å². The molecule has 0 saturated carbocycles. The zero-order valence-corrected chi connectivity index (χ0v) is 12.9. The highest BCUT2D eigenvalue weighted by Crippen LogP contribution is 2.40. The topological polar surface area (TPSA) is 38.3 Å². The third-order valence-electron chi connectivity index (χ3n) is 2.03. The van der Waals surface area contributed by atoms with Gasteiger partial charge in [-0.15, -0.1) is 0 Å². The molecule has 1 aromatic rings. The summed E-state index contributed by atoms with van der Waals surface area (Å²) in [6, 6.07) is 5.46. The van der Waals surface area contributed by atoms with E-state index in [-0.39, 0.29) is 12.5 Å². The molecule has 7 heteroatoms. The van der Waals surface area contributed by atoms with E-state index in [0.29, 0.717) is 12.3 Å². The molecule has 0 atom stereocenters. The first-order chi connectivity index (χ1) is 8.72. The number of hydrogen-bond acceptors (Lipinski definition) is 4. The Kier molecular flexibility index (Phi) is 7.74. The van der Waals surface area contributed by atoms with Gasteiger partial charge in [-0.1, -0.05) is 13.0 Å². The minimum Gasteiger partial charge on any atom is -0.481 e. The minimum absolute atomic E-state index is 0.0427. The Morgan fingerprint density at radius 2 is 1.94 bits per heavy atom. The van der Waals surface area contributed by atoms with Crippen molar-refractivity contribution in [1.82, 2.24) is 5.32 Å². The summed E-state index contributed by atoms with van der Waals surface area (Å²) in [6.07, 6.45) is 0.892. The quantitative estimate of drug-likeness (QED) is 0.819. The van der Waals surface area contributed by atoms with Crippen LogP contribution in [0.15, 0.2) is 28.0 Å². The fraction of sp³-hybridized carbons (Fsp3) is 0.364. The highest BCUT2D eigenvalue weighted by atomic mass is 35.7. The first-order valence-electron chi connectivity index (χ1n) is 5.32. The van der Waals surface area contributed by atoms with Crippen molar-refractivity contribution < 1.29 is 9.53 Å². The van der Waals surface area contributed by atoms with Gasteiger partial charge in [0.1, 0.15) is 5.75 Å². The first kappa shape index (κ1) is 15.8. The molecule has 0 fully saturated rings. The van der Waals surface area contributed by atoms with Gasteiger partial charge in [-0.25, -0.2) is 0 Å². The van der Waals surface area contributed by atoms with Crippen LogP contribution < -0.4 is 10.1 Å². The molecule has 0 heterocycles. The lowest BCUT2D eigenvalue weighted by atomic mass is 10.3. The molecule has 0 aromatic heterocycles. The van der Waals surface area contributed by atoms with Crippen molar-refractivity contribution in [3.05, 3.63) is 18.2 Å². The number of halogens is 2. The Morgan fingerprint density at radius 3 is 2.44 bits per heavy atom. The normalized spacial score (nSPS) is 10.2. The van der Waals surface area contributed by atoms with E-state index in [1.807, 2.05) is 25.1 Å². The Morgan fingerprint density at radius 1 is 1.33 bits per heavy atom. The van der Waals surface area contributed by atoms with Gasteiger partial charge in [0, 0.05) is 6.54 Å². The van der Waals surface area contributed by atoms with Crippen LogP contribution >= 0.6 is 43.3 Å². The van der Waals surface area contributed by atoms with Crippen LogP contribution in [0.3, 0.4) is 0 Å². The number of carbonyl (C=O) groups excluding carboxylic acids is 1. The number of para-hydroxylation sites is 1. The second-order valence-corrected chi connectivity index (χ2v) is 5.49. The molecule has 0 radical (unpaired) electrons. The van der Waals surface area contributed by atoms with Gasteiger partial charge in [-0.05, 0) is 61.9 Å². The van der Waals surface area contributed by atoms with Crippen molar-refractivity contribution in [3.8, 4) is 5.75 Å². The van der Waals surface area contributed by atoms with Gasteiger partial charge in [-0.3, -0.25) is 4.79 Å². The van der Waals surface area contributed by atoms with E-state index in [0.717, 1.165) is 38.2 Å². The summed E-state index contributed by atoms with van der Waals surface area (Å²) in [5.41, 5.74) is 0. The van der Waals surface area contributed by atoms with E-state index >= 15 is 0 Å². The van der Waals surface area contributed by atoms with Gasteiger partial charge < -0.3 is 10.1 Å². The third kappa shape index (κ3) is 4.80. The summed E-state index contributed by atoms with van der Waals surface area (Å²) in [5.74, 6) is 0.390. The van der Waals surface area contributed by atoms with Crippen molar-refractivity contribution in [3.63, 3.8) is 0 Å². The maximum absolute atomic E-state index is 11.5. The summed E-state index contributed by atoms with van der Waals surface area (Å²) < 4.78 is 5.49. The van der Waals surface area contributed by atoms with Crippen LogP contribution in [0, 0.1) is 0 Å². The van der Waals surface area contributed by atoms with Crippen LogP contribution in [0.4, 0.5) is 0 Å². The molecule has 0 saturated heterocycles. The molecular formula is C11H13Cl2NO2S2. The smallest absolute Gasteiger partial charge is 0.257 e. The summed E-state index contributed by atoms with van der Waals surface area (Å²) in [5, 5.41) is 2.73. The maximum Gasteiger partial charge on any atom is 0.257 e. The zero-order chi connectivity index (χ0) is 13.4. The molecular weight excluding hydrogens is 313 g/mol. The Hall–Kier alpha value is -0.230. The molecule has 0 aliphatic rings. The van der Waals surface area contributed by atoms with Gasteiger partial charge in [0.2, 0.25) is 0 Å². The minimum atomic E-state index is -0.156. The summed E-state index contributed by atoms with van der Waals surface area (Å²) in [7, 11) is 13.6. The third-order valence-corrected chi connectivity index (χ3v) is 4.00. The fourth-order valence-electron chi connectivity index (χ4n) is 1.21. The van der Waals surface area contributed by atoms with Crippen molar-refractivity contribution >= 4 is 49.2 Å². The lowest BCUT2D eigenvalue weighted by molar-refractivity contribution is -0.123.